The number of nitrogens with zero attached hydrogens (tertiary/aromatic N) is 3. The minimum Gasteiger partial charge on any atom is -0.317 e. The summed E-state index contributed by atoms with van der Waals surface area (Å²) in [6, 6.07) is 0. The number of hydrogen-bond acceptors (Lipinski definition) is 4. The van der Waals surface area contributed by atoms with Gasteiger partial charge in [0.15, 0.2) is 0 Å². The van der Waals surface area contributed by atoms with Crippen LogP contribution in [0.5, 0.6) is 0 Å². The summed E-state index contributed by atoms with van der Waals surface area (Å²) >= 11 is 0. The number of likely N-dealkylation sites (N-methyl/N-ethyl adjacent to an activating group) is 1. The van der Waals surface area contributed by atoms with E-state index in [2.05, 4.69) is 34.1 Å². The number of rotatable bonds is 7. The molecule has 2 fully saturated rings. The minimum atomic E-state index is 0.998. The van der Waals surface area contributed by atoms with Gasteiger partial charge in [-0.2, -0.15) is 0 Å². The number of piperazine rings is 1. The molecule has 2 rings (SSSR count). The van der Waals surface area contributed by atoms with Crippen molar-refractivity contribution in [1.82, 2.24) is 20.0 Å². The predicted molar refractivity (Wildman–Crippen MR) is 86.3 cm³/mol. The molecule has 2 saturated heterocycles. The minimum absolute atomic E-state index is 0.998. The van der Waals surface area contributed by atoms with E-state index in [0.29, 0.717) is 0 Å². The van der Waals surface area contributed by atoms with E-state index in [-0.39, 0.29) is 0 Å². The van der Waals surface area contributed by atoms with Crippen molar-refractivity contribution in [2.24, 2.45) is 5.92 Å². The van der Waals surface area contributed by atoms with Crippen molar-refractivity contribution in [3.8, 4) is 0 Å². The average molecular weight is 282 g/mol. The lowest BCUT2D eigenvalue weighted by molar-refractivity contribution is 0.122. The van der Waals surface area contributed by atoms with E-state index in [9.17, 15) is 0 Å². The Hall–Kier alpha value is -0.160. The molecule has 118 valence electrons. The molecule has 0 unspecified atom stereocenters. The molecule has 0 aromatic carbocycles. The van der Waals surface area contributed by atoms with Crippen LogP contribution in [0, 0.1) is 5.92 Å². The van der Waals surface area contributed by atoms with Crippen LogP contribution < -0.4 is 5.32 Å². The summed E-state index contributed by atoms with van der Waals surface area (Å²) in [5, 5.41) is 3.46. The Morgan fingerprint density at radius 2 is 1.55 bits per heavy atom. The topological polar surface area (TPSA) is 21.8 Å². The van der Waals surface area contributed by atoms with Gasteiger partial charge in [0, 0.05) is 39.3 Å². The zero-order valence-electron chi connectivity index (χ0n) is 13.6. The fourth-order valence-corrected chi connectivity index (χ4v) is 3.35. The summed E-state index contributed by atoms with van der Waals surface area (Å²) in [6.07, 6.45) is 5.65. The van der Waals surface area contributed by atoms with Gasteiger partial charge in [0.25, 0.3) is 0 Å². The van der Waals surface area contributed by atoms with Crippen LogP contribution in [0.2, 0.25) is 0 Å². The molecule has 2 heterocycles. The fourth-order valence-electron chi connectivity index (χ4n) is 3.35. The van der Waals surface area contributed by atoms with Crippen LogP contribution in [0.4, 0.5) is 0 Å². The quantitative estimate of drug-likeness (QED) is 0.750. The lowest BCUT2D eigenvalue weighted by Crippen LogP contribution is -2.48. The highest BCUT2D eigenvalue weighted by atomic mass is 15.3. The van der Waals surface area contributed by atoms with Crippen LogP contribution in [-0.4, -0.2) is 87.7 Å². The molecular weight excluding hydrogens is 248 g/mol. The second-order valence-electron chi connectivity index (χ2n) is 6.82. The molecule has 0 aromatic rings. The molecule has 0 aliphatic carbocycles. The normalized spacial score (nSPS) is 23.6. The Bertz CT molecular complexity index is 243. The molecule has 1 N–H and O–H groups in total. The van der Waals surface area contributed by atoms with Crippen LogP contribution in [-0.2, 0) is 0 Å². The number of nitrogens with one attached hydrogen (secondary N) is 1. The highest BCUT2D eigenvalue weighted by Gasteiger charge is 2.17. The molecule has 20 heavy (non-hydrogen) atoms. The van der Waals surface area contributed by atoms with E-state index >= 15 is 0 Å². The standard InChI is InChI=1S/C16H34N4/c1-18(2)10-11-20-14-12-19(13-15-20)9-3-4-16-5-7-17-8-6-16/h16-17H,3-15H2,1-2H3. The molecule has 4 nitrogen and oxygen atoms in total. The first-order valence-corrected chi connectivity index (χ1v) is 8.54. The zero-order valence-corrected chi connectivity index (χ0v) is 13.6. The van der Waals surface area contributed by atoms with Gasteiger partial charge in [-0.25, -0.2) is 0 Å². The Kier molecular flexibility index (Phi) is 7.28. The summed E-state index contributed by atoms with van der Waals surface area (Å²) in [5.74, 6) is 0.998. The molecule has 0 bridgehead atoms. The molecule has 4 heteroatoms. The number of piperidine rings is 1. The Balaban J connectivity index is 1.51. The van der Waals surface area contributed by atoms with E-state index in [0.717, 1.165) is 5.92 Å². The highest BCUT2D eigenvalue weighted by Crippen LogP contribution is 2.18. The van der Waals surface area contributed by atoms with Gasteiger partial charge in [-0.05, 0) is 65.3 Å². The third-order valence-electron chi connectivity index (χ3n) is 4.87. The Morgan fingerprint density at radius 1 is 0.950 bits per heavy atom. The lowest BCUT2D eigenvalue weighted by atomic mass is 9.93. The van der Waals surface area contributed by atoms with Crippen molar-refractivity contribution >= 4 is 0 Å². The molecular formula is C16H34N4. The van der Waals surface area contributed by atoms with Gasteiger partial charge in [-0.15, -0.1) is 0 Å². The predicted octanol–water partition coefficient (Wildman–Crippen LogP) is 0.945. The molecule has 0 radical (unpaired) electrons. The molecule has 0 atom stereocenters. The lowest BCUT2D eigenvalue weighted by Gasteiger charge is -2.35. The van der Waals surface area contributed by atoms with Gasteiger partial charge in [-0.1, -0.05) is 0 Å². The fraction of sp³-hybridized carbons (Fsp3) is 1.00. The summed E-state index contributed by atoms with van der Waals surface area (Å²) < 4.78 is 0. The van der Waals surface area contributed by atoms with Gasteiger partial charge in [-0.3, -0.25) is 4.90 Å². The van der Waals surface area contributed by atoms with Crippen LogP contribution in [0.25, 0.3) is 0 Å². The summed E-state index contributed by atoms with van der Waals surface area (Å²) in [4.78, 5) is 7.57. The first-order valence-electron chi connectivity index (χ1n) is 8.54. The van der Waals surface area contributed by atoms with Gasteiger partial charge in [0.2, 0.25) is 0 Å². The zero-order chi connectivity index (χ0) is 14.2. The molecule has 0 saturated carbocycles. The average Bonchev–Trinajstić information content (AvgIpc) is 2.47. The van der Waals surface area contributed by atoms with E-state index in [1.807, 2.05) is 0 Å². The number of hydrogen-bond donors (Lipinski definition) is 1. The van der Waals surface area contributed by atoms with Crippen LogP contribution in [0.1, 0.15) is 25.7 Å². The first kappa shape index (κ1) is 16.2. The molecule has 0 spiro atoms. The molecule has 0 amide bonds. The van der Waals surface area contributed by atoms with Crippen molar-refractivity contribution in [1.29, 1.82) is 0 Å². The van der Waals surface area contributed by atoms with E-state index in [4.69, 9.17) is 0 Å². The van der Waals surface area contributed by atoms with E-state index in [1.165, 1.54) is 84.6 Å². The van der Waals surface area contributed by atoms with Gasteiger partial charge >= 0.3 is 0 Å². The maximum atomic E-state index is 3.46. The molecule has 0 aromatic heterocycles. The van der Waals surface area contributed by atoms with Gasteiger partial charge in [0.05, 0.1) is 0 Å². The van der Waals surface area contributed by atoms with Crippen molar-refractivity contribution in [2.75, 3.05) is 73.0 Å². The maximum absolute atomic E-state index is 3.46. The van der Waals surface area contributed by atoms with Crippen molar-refractivity contribution in [2.45, 2.75) is 25.7 Å². The van der Waals surface area contributed by atoms with E-state index in [1.54, 1.807) is 0 Å². The monoisotopic (exact) mass is 282 g/mol. The van der Waals surface area contributed by atoms with Crippen LogP contribution in [0.15, 0.2) is 0 Å². The Labute approximate surface area is 125 Å². The van der Waals surface area contributed by atoms with E-state index < -0.39 is 0 Å². The smallest absolute Gasteiger partial charge is 0.0110 e. The first-order chi connectivity index (χ1) is 9.74. The van der Waals surface area contributed by atoms with Crippen LogP contribution >= 0.6 is 0 Å². The highest BCUT2D eigenvalue weighted by molar-refractivity contribution is 4.74. The summed E-state index contributed by atoms with van der Waals surface area (Å²) in [5.41, 5.74) is 0. The van der Waals surface area contributed by atoms with Crippen molar-refractivity contribution in [3.63, 3.8) is 0 Å². The van der Waals surface area contributed by atoms with Gasteiger partial charge in [0.1, 0.15) is 0 Å². The summed E-state index contributed by atoms with van der Waals surface area (Å²) in [6.45, 7) is 11.3. The third kappa shape index (κ3) is 6.08. The Morgan fingerprint density at radius 3 is 2.15 bits per heavy atom. The molecule has 2 aliphatic heterocycles. The van der Waals surface area contributed by atoms with Crippen LogP contribution in [0.3, 0.4) is 0 Å². The molecule has 2 aliphatic rings. The SMILES string of the molecule is CN(C)CCN1CCN(CCCC2CCNCC2)CC1. The van der Waals surface area contributed by atoms with Crippen molar-refractivity contribution in [3.05, 3.63) is 0 Å². The largest absolute Gasteiger partial charge is 0.317 e. The second-order valence-corrected chi connectivity index (χ2v) is 6.82. The summed E-state index contributed by atoms with van der Waals surface area (Å²) in [7, 11) is 4.33. The third-order valence-corrected chi connectivity index (χ3v) is 4.87. The van der Waals surface area contributed by atoms with Gasteiger partial charge < -0.3 is 15.1 Å². The second kappa shape index (κ2) is 8.98. The maximum Gasteiger partial charge on any atom is 0.0110 e. The van der Waals surface area contributed by atoms with Crippen molar-refractivity contribution < 1.29 is 0 Å².